The van der Waals surface area contributed by atoms with E-state index in [2.05, 4.69) is 5.32 Å². The van der Waals surface area contributed by atoms with Gasteiger partial charge in [0.2, 0.25) is 5.91 Å². The molecule has 1 aromatic rings. The van der Waals surface area contributed by atoms with Crippen molar-refractivity contribution in [3.63, 3.8) is 0 Å². The molecule has 2 amide bonds. The summed E-state index contributed by atoms with van der Waals surface area (Å²) in [6, 6.07) is 3.63. The summed E-state index contributed by atoms with van der Waals surface area (Å²) >= 11 is 6.68. The summed E-state index contributed by atoms with van der Waals surface area (Å²) in [6.45, 7) is 8.95. The Kier molecular flexibility index (Phi) is 10.0. The molecule has 2 N–H and O–H groups in total. The van der Waals surface area contributed by atoms with Gasteiger partial charge in [-0.25, -0.2) is 4.79 Å². The third-order valence-electron chi connectivity index (χ3n) is 8.68. The van der Waals surface area contributed by atoms with Crippen LogP contribution in [0, 0.1) is 11.8 Å². The van der Waals surface area contributed by atoms with Crippen LogP contribution in [0.1, 0.15) is 53.0 Å². The highest BCUT2D eigenvalue weighted by atomic mass is 35.5. The number of ether oxygens (including phenoxy) is 5. The molecule has 2 fully saturated rings. The topological polar surface area (TPSA) is 136 Å². The van der Waals surface area contributed by atoms with Crippen LogP contribution in [0.15, 0.2) is 35.9 Å². The molecule has 242 valence electrons. The van der Waals surface area contributed by atoms with Crippen molar-refractivity contribution >= 4 is 35.3 Å². The largest absolute Gasteiger partial charge is 0.495 e. The van der Waals surface area contributed by atoms with Crippen LogP contribution in [0.5, 0.6) is 5.75 Å². The zero-order valence-corrected chi connectivity index (χ0v) is 27.3. The highest BCUT2D eigenvalue weighted by Crippen LogP contribution is 2.49. The van der Waals surface area contributed by atoms with Crippen LogP contribution in [-0.2, 0) is 35.0 Å². The average molecular weight is 635 g/mol. The maximum absolute atomic E-state index is 13.8. The van der Waals surface area contributed by atoms with Crippen molar-refractivity contribution in [3.05, 3.63) is 46.5 Å². The van der Waals surface area contributed by atoms with Gasteiger partial charge in [-0.15, -0.1) is 0 Å². The van der Waals surface area contributed by atoms with Crippen molar-refractivity contribution in [3.8, 4) is 5.75 Å². The van der Waals surface area contributed by atoms with Crippen LogP contribution in [0.2, 0.25) is 5.02 Å². The van der Waals surface area contributed by atoms with Gasteiger partial charge in [-0.2, -0.15) is 0 Å². The normalized spacial score (nSPS) is 34.7. The minimum atomic E-state index is -1.77. The van der Waals surface area contributed by atoms with Crippen molar-refractivity contribution < 1.29 is 43.2 Å². The van der Waals surface area contributed by atoms with Gasteiger partial charge in [0.1, 0.15) is 34.7 Å². The van der Waals surface area contributed by atoms with E-state index < -0.39 is 59.6 Å². The van der Waals surface area contributed by atoms with Gasteiger partial charge in [0.15, 0.2) is 5.72 Å². The average Bonchev–Trinajstić information content (AvgIpc) is 3.66. The van der Waals surface area contributed by atoms with E-state index in [0.717, 1.165) is 11.1 Å². The summed E-state index contributed by atoms with van der Waals surface area (Å²) in [5.74, 6) is -1.30. The van der Waals surface area contributed by atoms with E-state index >= 15 is 0 Å². The summed E-state index contributed by atoms with van der Waals surface area (Å²) in [5, 5.41) is 14.4. The summed E-state index contributed by atoms with van der Waals surface area (Å²) in [7, 11) is 4.56. The van der Waals surface area contributed by atoms with Gasteiger partial charge in [0.05, 0.1) is 31.2 Å². The van der Waals surface area contributed by atoms with E-state index in [4.69, 9.17) is 35.3 Å². The summed E-state index contributed by atoms with van der Waals surface area (Å²) in [5.41, 5.74) is -0.587. The molecule has 1 aromatic carbocycles. The van der Waals surface area contributed by atoms with Gasteiger partial charge < -0.3 is 33.7 Å². The van der Waals surface area contributed by atoms with Gasteiger partial charge >= 0.3 is 12.1 Å². The molecule has 0 radical (unpaired) electrons. The SMILES string of the molecule is COc1cc2cc(c1Cl)N(C)C(=O)C[C@H](OC(=O)C(C)C)[C@@]1(C)O[C@H]1[C@H](C)[C@H]1C[C@@](O)(NC(=O)O1)[C@H](OC)/C=C/C=C(/C)C2. The number of nitrogens with zero attached hydrogens (tertiary/aromatic N) is 1. The number of anilines is 1. The molecule has 0 spiro atoms. The van der Waals surface area contributed by atoms with Gasteiger partial charge in [0.25, 0.3) is 0 Å². The molecule has 0 aromatic heterocycles. The number of alkyl carbamates (subject to hydrolysis) is 1. The van der Waals surface area contributed by atoms with Crippen LogP contribution in [0.3, 0.4) is 0 Å². The lowest BCUT2D eigenvalue weighted by atomic mass is 9.83. The maximum atomic E-state index is 13.8. The fourth-order valence-corrected chi connectivity index (χ4v) is 6.19. The molecule has 0 saturated carbocycles. The highest BCUT2D eigenvalue weighted by molar-refractivity contribution is 6.35. The first-order valence-corrected chi connectivity index (χ1v) is 15.1. The molecule has 2 saturated heterocycles. The Bertz CT molecular complexity index is 1350. The second-order valence-corrected chi connectivity index (χ2v) is 12.8. The fourth-order valence-electron chi connectivity index (χ4n) is 5.88. The quantitative estimate of drug-likeness (QED) is 0.366. The smallest absolute Gasteiger partial charge is 0.409 e. The number of epoxide rings is 1. The molecule has 7 atom stereocenters. The van der Waals surface area contributed by atoms with E-state index in [1.165, 1.54) is 19.1 Å². The Labute approximate surface area is 263 Å². The number of carbonyl (C=O) groups excluding carboxylic acids is 3. The predicted molar refractivity (Wildman–Crippen MR) is 164 cm³/mol. The van der Waals surface area contributed by atoms with E-state index in [1.807, 2.05) is 32.1 Å². The van der Waals surface area contributed by atoms with Crippen LogP contribution < -0.4 is 15.0 Å². The molecule has 3 aliphatic heterocycles. The van der Waals surface area contributed by atoms with Crippen LogP contribution >= 0.6 is 11.6 Å². The summed E-state index contributed by atoms with van der Waals surface area (Å²) in [4.78, 5) is 40.7. The molecule has 4 rings (SSSR count). The molecular weight excluding hydrogens is 592 g/mol. The third-order valence-corrected chi connectivity index (χ3v) is 9.06. The molecule has 12 heteroatoms. The second-order valence-electron chi connectivity index (χ2n) is 12.4. The number of hydrogen-bond acceptors (Lipinski definition) is 9. The lowest BCUT2D eigenvalue weighted by Gasteiger charge is -2.42. The Morgan fingerprint density at radius 2 is 1.95 bits per heavy atom. The maximum Gasteiger partial charge on any atom is 0.409 e. The molecule has 0 unspecified atom stereocenters. The molecule has 11 nitrogen and oxygen atoms in total. The van der Waals surface area contributed by atoms with Crippen molar-refractivity contribution in [1.82, 2.24) is 5.32 Å². The molecular formula is C32H43ClN2O9. The zero-order valence-electron chi connectivity index (χ0n) is 26.5. The van der Waals surface area contributed by atoms with Crippen molar-refractivity contribution in [2.24, 2.45) is 11.8 Å². The number of halogens is 1. The van der Waals surface area contributed by atoms with Crippen LogP contribution in [0.25, 0.3) is 0 Å². The van der Waals surface area contributed by atoms with Crippen molar-refractivity contribution in [2.75, 3.05) is 26.2 Å². The Hall–Kier alpha value is -3.12. The van der Waals surface area contributed by atoms with E-state index in [9.17, 15) is 19.5 Å². The van der Waals surface area contributed by atoms with Crippen molar-refractivity contribution in [1.29, 1.82) is 0 Å². The number of methoxy groups -OCH3 is 2. The van der Waals surface area contributed by atoms with Crippen LogP contribution in [0.4, 0.5) is 10.5 Å². The number of benzene rings is 1. The Morgan fingerprint density at radius 3 is 2.59 bits per heavy atom. The van der Waals surface area contributed by atoms with Crippen LogP contribution in [-0.4, -0.2) is 80.1 Å². The van der Waals surface area contributed by atoms with E-state index in [0.29, 0.717) is 17.9 Å². The zero-order chi connectivity index (χ0) is 32.6. The number of fused-ring (bicyclic) bond motifs is 5. The molecule has 3 heterocycles. The second kappa shape index (κ2) is 13.1. The van der Waals surface area contributed by atoms with Gasteiger partial charge in [-0.3, -0.25) is 14.9 Å². The highest BCUT2D eigenvalue weighted by Gasteiger charge is 2.64. The number of esters is 1. The lowest BCUT2D eigenvalue weighted by Crippen LogP contribution is -2.63. The summed E-state index contributed by atoms with van der Waals surface area (Å²) < 4.78 is 28.8. The van der Waals surface area contributed by atoms with E-state index in [1.54, 1.807) is 40.0 Å². The molecule has 0 aliphatic carbocycles. The molecule has 4 bridgehead atoms. The van der Waals surface area contributed by atoms with Gasteiger partial charge in [-0.05, 0) is 38.0 Å². The first-order chi connectivity index (χ1) is 20.6. The van der Waals surface area contributed by atoms with Crippen molar-refractivity contribution in [2.45, 2.75) is 89.6 Å². The number of allylic oxidation sites excluding steroid dienone is 3. The number of aliphatic hydroxyl groups is 1. The fraction of sp³-hybridized carbons (Fsp3) is 0.594. The minimum Gasteiger partial charge on any atom is -0.495 e. The minimum absolute atomic E-state index is 0.00361. The standard InChI is InChI=1S/C32H43ClN2O9/c1-17(2)29(37)43-25-15-26(36)35(6)21-13-20(14-22(40-7)27(21)33)12-18(3)10-9-11-24(41-8)32(39)16-23(42-30(38)34-32)19(4)28-31(25,5)44-28/h9-11,13-14,17,19,23-25,28,39H,12,15-16H2,1-8H3,(H,34,38)/b11-9+,18-10-/t19-,23-,24-,25+,28+,31-,32+/m1/s1. The first kappa shape index (κ1) is 33.8. The molecule has 3 aliphatic rings. The monoisotopic (exact) mass is 634 g/mol. The van der Waals surface area contributed by atoms with Gasteiger partial charge in [0, 0.05) is 26.5 Å². The molecule has 44 heavy (non-hydrogen) atoms. The number of rotatable bonds is 4. The van der Waals surface area contributed by atoms with Gasteiger partial charge in [-0.1, -0.05) is 56.2 Å². The van der Waals surface area contributed by atoms with E-state index in [-0.39, 0.29) is 23.8 Å². The predicted octanol–water partition coefficient (Wildman–Crippen LogP) is 4.32. The number of nitrogens with one attached hydrogen (secondary N) is 1. The number of carbonyl (C=O) groups is 3. The Balaban J connectivity index is 1.80. The first-order valence-electron chi connectivity index (χ1n) is 14.7. The third kappa shape index (κ3) is 6.91. The Morgan fingerprint density at radius 1 is 1.25 bits per heavy atom. The lowest BCUT2D eigenvalue weighted by molar-refractivity contribution is -0.157. The number of hydrogen-bond donors (Lipinski definition) is 2. The summed E-state index contributed by atoms with van der Waals surface area (Å²) in [6.07, 6.45) is 1.65. The number of amides is 2.